The largest absolute Gasteiger partial charge is 0.341 e. The fourth-order valence-corrected chi connectivity index (χ4v) is 4.29. The summed E-state index contributed by atoms with van der Waals surface area (Å²) in [7, 11) is -3.52. The number of aryl methyl sites for hydroxylation is 1. The van der Waals surface area contributed by atoms with Gasteiger partial charge in [-0.1, -0.05) is 18.2 Å². The van der Waals surface area contributed by atoms with Crippen molar-refractivity contribution in [1.82, 2.24) is 9.62 Å². The quantitative estimate of drug-likeness (QED) is 0.911. The lowest BCUT2D eigenvalue weighted by Crippen LogP contribution is -2.39. The number of nitrogens with zero attached hydrogens (tertiary/aromatic N) is 1. The summed E-state index contributed by atoms with van der Waals surface area (Å²) >= 11 is 0. The number of carbonyl (C=O) groups is 1. The highest BCUT2D eigenvalue weighted by Crippen LogP contribution is 2.32. The Morgan fingerprint density at radius 2 is 1.95 bits per heavy atom. The number of likely N-dealkylation sites (tertiary alicyclic amines) is 1. The van der Waals surface area contributed by atoms with E-state index in [1.165, 1.54) is 0 Å². The molecule has 21 heavy (non-hydrogen) atoms. The average Bonchev–Trinajstić information content (AvgIpc) is 3.19. The Balaban J connectivity index is 1.67. The highest BCUT2D eigenvalue weighted by Gasteiger charge is 2.37. The molecule has 1 saturated carbocycles. The second kappa shape index (κ2) is 5.42. The van der Waals surface area contributed by atoms with Gasteiger partial charge in [0.1, 0.15) is 0 Å². The minimum atomic E-state index is -3.52. The fourth-order valence-electron chi connectivity index (χ4n) is 2.79. The first-order valence-electron chi connectivity index (χ1n) is 7.34. The standard InChI is InChI=1S/C15H20N2O3S/c1-11-4-2-3-5-14(11)21(19,20)16-13-8-9-17(10-13)15(18)12-6-7-12/h2-5,12-13,16H,6-10H2,1H3. The summed E-state index contributed by atoms with van der Waals surface area (Å²) in [5, 5.41) is 0. The fraction of sp³-hybridized carbons (Fsp3) is 0.533. The maximum atomic E-state index is 12.4. The lowest BCUT2D eigenvalue weighted by atomic mass is 10.2. The smallest absolute Gasteiger partial charge is 0.241 e. The molecule has 1 aliphatic carbocycles. The molecule has 1 heterocycles. The highest BCUT2D eigenvalue weighted by molar-refractivity contribution is 7.89. The van der Waals surface area contributed by atoms with Crippen LogP contribution >= 0.6 is 0 Å². The third kappa shape index (κ3) is 3.11. The number of amides is 1. The number of rotatable bonds is 4. The molecule has 0 bridgehead atoms. The number of hydrogen-bond donors (Lipinski definition) is 1. The molecule has 0 aromatic heterocycles. The van der Waals surface area contributed by atoms with Crippen molar-refractivity contribution in [3.05, 3.63) is 29.8 Å². The van der Waals surface area contributed by atoms with E-state index in [9.17, 15) is 13.2 Å². The van der Waals surface area contributed by atoms with Gasteiger partial charge in [0.2, 0.25) is 15.9 Å². The number of sulfonamides is 1. The topological polar surface area (TPSA) is 66.5 Å². The highest BCUT2D eigenvalue weighted by atomic mass is 32.2. The van der Waals surface area contributed by atoms with Crippen LogP contribution in [0.5, 0.6) is 0 Å². The summed E-state index contributed by atoms with van der Waals surface area (Å²) in [4.78, 5) is 14.1. The van der Waals surface area contributed by atoms with E-state index in [-0.39, 0.29) is 17.9 Å². The predicted molar refractivity (Wildman–Crippen MR) is 79.2 cm³/mol. The second-order valence-corrected chi connectivity index (χ2v) is 7.61. The van der Waals surface area contributed by atoms with Crippen LogP contribution < -0.4 is 4.72 Å². The van der Waals surface area contributed by atoms with Gasteiger partial charge < -0.3 is 4.90 Å². The van der Waals surface area contributed by atoms with Crippen molar-refractivity contribution in [2.75, 3.05) is 13.1 Å². The summed E-state index contributed by atoms with van der Waals surface area (Å²) in [6.45, 7) is 2.92. The van der Waals surface area contributed by atoms with Gasteiger partial charge in [-0.25, -0.2) is 13.1 Å². The van der Waals surface area contributed by atoms with Crippen LogP contribution in [0.4, 0.5) is 0 Å². The zero-order valence-corrected chi connectivity index (χ0v) is 12.9. The van der Waals surface area contributed by atoms with Gasteiger partial charge in [0.05, 0.1) is 4.90 Å². The molecule has 1 aromatic carbocycles. The van der Waals surface area contributed by atoms with Crippen LogP contribution in [-0.2, 0) is 14.8 Å². The summed E-state index contributed by atoms with van der Waals surface area (Å²) in [6.07, 6.45) is 2.65. The Labute approximate surface area is 125 Å². The van der Waals surface area contributed by atoms with Gasteiger partial charge >= 0.3 is 0 Å². The minimum Gasteiger partial charge on any atom is -0.341 e. The van der Waals surface area contributed by atoms with Crippen LogP contribution in [0.3, 0.4) is 0 Å². The minimum absolute atomic E-state index is 0.183. The first kappa shape index (κ1) is 14.5. The molecular formula is C15H20N2O3S. The molecule has 1 aliphatic heterocycles. The molecule has 1 unspecified atom stereocenters. The van der Waals surface area contributed by atoms with E-state index in [4.69, 9.17) is 0 Å². The normalized spacial score (nSPS) is 22.5. The Morgan fingerprint density at radius 1 is 1.24 bits per heavy atom. The van der Waals surface area contributed by atoms with Gasteiger partial charge in [0, 0.05) is 25.0 Å². The third-order valence-electron chi connectivity index (χ3n) is 4.13. The Hall–Kier alpha value is -1.40. The van der Waals surface area contributed by atoms with E-state index >= 15 is 0 Å². The van der Waals surface area contributed by atoms with E-state index < -0.39 is 10.0 Å². The zero-order chi connectivity index (χ0) is 15.0. The van der Waals surface area contributed by atoms with Crippen molar-refractivity contribution in [3.8, 4) is 0 Å². The van der Waals surface area contributed by atoms with E-state index in [2.05, 4.69) is 4.72 Å². The first-order valence-corrected chi connectivity index (χ1v) is 8.82. The van der Waals surface area contributed by atoms with E-state index in [0.717, 1.165) is 18.4 Å². The number of carbonyl (C=O) groups excluding carboxylic acids is 1. The molecule has 1 saturated heterocycles. The van der Waals surface area contributed by atoms with Gasteiger partial charge in [0.15, 0.2) is 0 Å². The lowest BCUT2D eigenvalue weighted by Gasteiger charge is -2.17. The van der Waals surface area contributed by atoms with Crippen LogP contribution in [0, 0.1) is 12.8 Å². The predicted octanol–water partition coefficient (Wildman–Crippen LogP) is 1.28. The van der Waals surface area contributed by atoms with Gasteiger partial charge in [-0.05, 0) is 37.8 Å². The van der Waals surface area contributed by atoms with Crippen molar-refractivity contribution >= 4 is 15.9 Å². The van der Waals surface area contributed by atoms with Crippen molar-refractivity contribution in [1.29, 1.82) is 0 Å². The van der Waals surface area contributed by atoms with Crippen molar-refractivity contribution < 1.29 is 13.2 Å². The third-order valence-corrected chi connectivity index (χ3v) is 5.81. The molecule has 2 fully saturated rings. The molecule has 1 N–H and O–H groups in total. The van der Waals surface area contributed by atoms with Gasteiger partial charge in [0.25, 0.3) is 0 Å². The molecule has 0 spiro atoms. The van der Waals surface area contributed by atoms with Crippen molar-refractivity contribution in [2.24, 2.45) is 5.92 Å². The Bertz CT molecular complexity index is 653. The molecular weight excluding hydrogens is 288 g/mol. The van der Waals surface area contributed by atoms with Crippen molar-refractivity contribution in [2.45, 2.75) is 37.1 Å². The number of nitrogens with one attached hydrogen (secondary N) is 1. The van der Waals surface area contributed by atoms with Gasteiger partial charge in [-0.15, -0.1) is 0 Å². The van der Waals surface area contributed by atoms with Gasteiger partial charge in [-0.3, -0.25) is 4.79 Å². The average molecular weight is 308 g/mol. The maximum absolute atomic E-state index is 12.4. The van der Waals surface area contributed by atoms with Crippen LogP contribution in [0.15, 0.2) is 29.2 Å². The molecule has 6 heteroatoms. The first-order chi connectivity index (χ1) is 9.97. The SMILES string of the molecule is Cc1ccccc1S(=O)(=O)NC1CCN(C(=O)C2CC2)C1. The summed E-state index contributed by atoms with van der Waals surface area (Å²) < 4.78 is 27.6. The van der Waals surface area contributed by atoms with Crippen LogP contribution in [0.1, 0.15) is 24.8 Å². The van der Waals surface area contributed by atoms with Gasteiger partial charge in [-0.2, -0.15) is 0 Å². The zero-order valence-electron chi connectivity index (χ0n) is 12.1. The molecule has 114 valence electrons. The maximum Gasteiger partial charge on any atom is 0.241 e. The second-order valence-electron chi connectivity index (χ2n) is 5.93. The Morgan fingerprint density at radius 3 is 2.62 bits per heavy atom. The molecule has 3 rings (SSSR count). The summed E-state index contributed by atoms with van der Waals surface area (Å²) in [5.74, 6) is 0.379. The number of benzene rings is 1. The molecule has 5 nitrogen and oxygen atoms in total. The van der Waals surface area contributed by atoms with Crippen molar-refractivity contribution in [3.63, 3.8) is 0 Å². The van der Waals surface area contributed by atoms with E-state index in [1.807, 2.05) is 6.07 Å². The Kier molecular flexibility index (Phi) is 3.75. The molecule has 1 atom stereocenters. The summed E-state index contributed by atoms with van der Waals surface area (Å²) in [5.41, 5.74) is 0.730. The number of hydrogen-bond acceptors (Lipinski definition) is 3. The van der Waals surface area contributed by atoms with E-state index in [1.54, 1.807) is 30.0 Å². The summed E-state index contributed by atoms with van der Waals surface area (Å²) in [6, 6.07) is 6.75. The van der Waals surface area contributed by atoms with Crippen LogP contribution in [-0.4, -0.2) is 38.4 Å². The van der Waals surface area contributed by atoms with E-state index in [0.29, 0.717) is 24.4 Å². The molecule has 1 amide bonds. The molecule has 0 radical (unpaired) electrons. The van der Waals surface area contributed by atoms with Crippen LogP contribution in [0.25, 0.3) is 0 Å². The lowest BCUT2D eigenvalue weighted by molar-refractivity contribution is -0.131. The van der Waals surface area contributed by atoms with Crippen LogP contribution in [0.2, 0.25) is 0 Å². The molecule has 2 aliphatic rings. The monoisotopic (exact) mass is 308 g/mol. The molecule has 1 aromatic rings.